The van der Waals surface area contributed by atoms with Gasteiger partial charge in [-0.05, 0) is 80.9 Å². The summed E-state index contributed by atoms with van der Waals surface area (Å²) in [5, 5.41) is 19.6. The predicted octanol–water partition coefficient (Wildman–Crippen LogP) is 4.22. The van der Waals surface area contributed by atoms with Crippen LogP contribution in [0.4, 0.5) is 0 Å². The van der Waals surface area contributed by atoms with Gasteiger partial charge in [-0.25, -0.2) is 5.90 Å². The number of benzene rings is 1. The van der Waals surface area contributed by atoms with E-state index in [1.165, 1.54) is 11.1 Å². The summed E-state index contributed by atoms with van der Waals surface area (Å²) in [6, 6.07) is 8.49. The van der Waals surface area contributed by atoms with Gasteiger partial charge in [-0.15, -0.1) is 0 Å². The Hall–Kier alpha value is -1.50. The number of hydrogen-bond acceptors (Lipinski definition) is 5. The van der Waals surface area contributed by atoms with Gasteiger partial charge < -0.3 is 15.9 Å². The van der Waals surface area contributed by atoms with Crippen molar-refractivity contribution in [3.8, 4) is 0 Å². The summed E-state index contributed by atoms with van der Waals surface area (Å²) in [6.07, 6.45) is 11.3. The Morgan fingerprint density at radius 1 is 1.10 bits per heavy atom. The monoisotopic (exact) mass is 402 g/mol. The molecule has 1 aromatic rings. The first-order chi connectivity index (χ1) is 14.1. The van der Waals surface area contributed by atoms with Crippen LogP contribution in [-0.2, 0) is 4.84 Å². The van der Waals surface area contributed by atoms with E-state index in [1.807, 2.05) is 0 Å². The highest BCUT2D eigenvalue weighted by Gasteiger charge is 2.30. The van der Waals surface area contributed by atoms with E-state index in [0.29, 0.717) is 24.8 Å². The molecule has 0 radical (unpaired) electrons. The molecule has 1 aliphatic rings. The van der Waals surface area contributed by atoms with E-state index in [9.17, 15) is 10.2 Å². The molecule has 4 atom stereocenters. The van der Waals surface area contributed by atoms with Crippen LogP contribution < -0.4 is 11.6 Å². The Labute approximate surface area is 175 Å². The minimum atomic E-state index is -0.871. The average Bonchev–Trinajstić information content (AvgIpc) is 3.10. The Balaban J connectivity index is 1.87. The molecular weight excluding hydrogens is 364 g/mol. The first-order valence-electron chi connectivity index (χ1n) is 10.9. The smallest absolute Gasteiger partial charge is 0.174 e. The first-order valence-corrected chi connectivity index (χ1v) is 10.9. The fourth-order valence-electron chi connectivity index (χ4n) is 4.19. The van der Waals surface area contributed by atoms with Crippen LogP contribution in [0.1, 0.15) is 80.9 Å². The highest BCUT2D eigenvalue weighted by molar-refractivity contribution is 5.31. The molecule has 1 aromatic carbocycles. The van der Waals surface area contributed by atoms with Gasteiger partial charge in [0, 0.05) is 6.42 Å². The van der Waals surface area contributed by atoms with E-state index >= 15 is 0 Å². The Bertz CT molecular complexity index is 630. The maximum absolute atomic E-state index is 10.3. The minimum Gasteiger partial charge on any atom is -0.388 e. The van der Waals surface area contributed by atoms with Crippen molar-refractivity contribution in [2.45, 2.75) is 76.1 Å². The maximum Gasteiger partial charge on any atom is 0.174 e. The lowest BCUT2D eigenvalue weighted by atomic mass is 9.84. The molecule has 1 aliphatic carbocycles. The van der Waals surface area contributed by atoms with Gasteiger partial charge in [-0.2, -0.15) is 0 Å². The van der Waals surface area contributed by atoms with Crippen molar-refractivity contribution in [3.05, 3.63) is 59.7 Å². The lowest BCUT2D eigenvalue weighted by Crippen LogP contribution is -2.15. The van der Waals surface area contributed by atoms with Gasteiger partial charge in [0.05, 0.1) is 6.10 Å². The standard InChI is InChI=1S/C24H38N2O3/c1-18-11-16-22(21(18)8-4-2-3-5-10-24(28)29-26)19-12-14-20(15-13-19)23(27)9-6-7-17-25/h2,4,12-15,21-24,27-28H,1,3,5-11,16-17,25-26H2/b4-2-/t21-,22+,23?,24?/m0/s1. The number of allylic oxidation sites excluding steroid dienone is 3. The Kier molecular flexibility index (Phi) is 10.6. The van der Waals surface area contributed by atoms with Crippen molar-refractivity contribution in [1.29, 1.82) is 0 Å². The van der Waals surface area contributed by atoms with Crippen molar-refractivity contribution < 1.29 is 15.1 Å². The zero-order valence-electron chi connectivity index (χ0n) is 17.5. The Morgan fingerprint density at radius 3 is 2.55 bits per heavy atom. The van der Waals surface area contributed by atoms with Crippen LogP contribution in [0.15, 0.2) is 48.6 Å². The highest BCUT2D eigenvalue weighted by atomic mass is 16.7. The quantitative estimate of drug-likeness (QED) is 0.171. The van der Waals surface area contributed by atoms with Gasteiger partial charge >= 0.3 is 0 Å². The predicted molar refractivity (Wildman–Crippen MR) is 118 cm³/mol. The molecule has 5 nitrogen and oxygen atoms in total. The van der Waals surface area contributed by atoms with E-state index in [4.69, 9.17) is 11.6 Å². The number of nitrogens with two attached hydrogens (primary N) is 2. The summed E-state index contributed by atoms with van der Waals surface area (Å²) in [5.41, 5.74) is 9.19. The first kappa shape index (κ1) is 23.8. The molecule has 0 amide bonds. The largest absolute Gasteiger partial charge is 0.388 e. The lowest BCUT2D eigenvalue weighted by Gasteiger charge is -2.20. The van der Waals surface area contributed by atoms with Crippen LogP contribution in [0.3, 0.4) is 0 Å². The molecule has 1 fully saturated rings. The molecule has 162 valence electrons. The van der Waals surface area contributed by atoms with E-state index < -0.39 is 12.4 Å². The minimum absolute atomic E-state index is 0.406. The Morgan fingerprint density at radius 2 is 1.86 bits per heavy atom. The fourth-order valence-corrected chi connectivity index (χ4v) is 4.19. The summed E-state index contributed by atoms with van der Waals surface area (Å²) in [6.45, 7) is 4.98. The third-order valence-electron chi connectivity index (χ3n) is 6.00. The zero-order valence-corrected chi connectivity index (χ0v) is 17.5. The number of aliphatic hydroxyl groups excluding tert-OH is 2. The molecule has 2 rings (SSSR count). The van der Waals surface area contributed by atoms with Gasteiger partial charge in [-0.1, -0.05) is 48.6 Å². The van der Waals surface area contributed by atoms with Crippen molar-refractivity contribution in [2.24, 2.45) is 17.5 Å². The summed E-state index contributed by atoms with van der Waals surface area (Å²) >= 11 is 0. The molecule has 2 unspecified atom stereocenters. The zero-order chi connectivity index (χ0) is 21.1. The number of hydrogen-bond donors (Lipinski definition) is 4. The molecule has 5 heteroatoms. The third kappa shape index (κ3) is 7.68. The number of unbranched alkanes of at least 4 members (excludes halogenated alkanes) is 2. The fraction of sp³-hybridized carbons (Fsp3) is 0.583. The third-order valence-corrected chi connectivity index (χ3v) is 6.00. The van der Waals surface area contributed by atoms with Crippen LogP contribution in [0, 0.1) is 5.92 Å². The summed E-state index contributed by atoms with van der Waals surface area (Å²) in [4.78, 5) is 4.36. The number of rotatable bonds is 13. The topological polar surface area (TPSA) is 102 Å². The lowest BCUT2D eigenvalue weighted by molar-refractivity contribution is -0.106. The molecule has 0 bridgehead atoms. The van der Waals surface area contributed by atoms with E-state index in [1.54, 1.807) is 0 Å². The van der Waals surface area contributed by atoms with Crippen molar-refractivity contribution >= 4 is 0 Å². The molecule has 6 N–H and O–H groups in total. The van der Waals surface area contributed by atoms with Crippen LogP contribution in [0.2, 0.25) is 0 Å². The van der Waals surface area contributed by atoms with Crippen LogP contribution in [0.5, 0.6) is 0 Å². The molecular formula is C24H38N2O3. The molecule has 0 aromatic heterocycles. The van der Waals surface area contributed by atoms with E-state index in [-0.39, 0.29) is 0 Å². The maximum atomic E-state index is 10.3. The molecule has 0 spiro atoms. The summed E-state index contributed by atoms with van der Waals surface area (Å²) in [7, 11) is 0. The van der Waals surface area contributed by atoms with Gasteiger partial charge in [0.25, 0.3) is 0 Å². The van der Waals surface area contributed by atoms with E-state index in [2.05, 4.69) is 47.8 Å². The highest BCUT2D eigenvalue weighted by Crippen LogP contribution is 2.44. The second-order valence-electron chi connectivity index (χ2n) is 8.11. The van der Waals surface area contributed by atoms with E-state index in [0.717, 1.165) is 56.9 Å². The normalized spacial score (nSPS) is 21.7. The van der Waals surface area contributed by atoms with Gasteiger partial charge in [0.2, 0.25) is 0 Å². The van der Waals surface area contributed by atoms with Crippen LogP contribution in [-0.4, -0.2) is 23.0 Å². The molecule has 0 saturated heterocycles. The molecule has 0 aliphatic heterocycles. The average molecular weight is 403 g/mol. The van der Waals surface area contributed by atoms with Crippen molar-refractivity contribution in [1.82, 2.24) is 0 Å². The van der Waals surface area contributed by atoms with Crippen LogP contribution >= 0.6 is 0 Å². The second-order valence-corrected chi connectivity index (χ2v) is 8.11. The van der Waals surface area contributed by atoms with Crippen LogP contribution in [0.25, 0.3) is 0 Å². The number of aliphatic hydroxyl groups is 2. The van der Waals surface area contributed by atoms with Gasteiger partial charge in [0.1, 0.15) is 0 Å². The van der Waals surface area contributed by atoms with Crippen molar-refractivity contribution in [3.63, 3.8) is 0 Å². The van der Waals surface area contributed by atoms with Gasteiger partial charge in [0.15, 0.2) is 6.29 Å². The molecule has 1 saturated carbocycles. The molecule has 0 heterocycles. The summed E-state index contributed by atoms with van der Waals surface area (Å²) in [5.74, 6) is 5.89. The van der Waals surface area contributed by atoms with Gasteiger partial charge in [-0.3, -0.25) is 4.84 Å². The second kappa shape index (κ2) is 12.9. The molecule has 29 heavy (non-hydrogen) atoms. The summed E-state index contributed by atoms with van der Waals surface area (Å²) < 4.78 is 0. The SMILES string of the molecule is C=C1CC[C@H](c2ccc(C(O)CCCCN)cc2)[C@H]1C/C=C\CCCC(O)ON. The van der Waals surface area contributed by atoms with Crippen molar-refractivity contribution in [2.75, 3.05) is 6.54 Å².